The van der Waals surface area contributed by atoms with Crippen molar-refractivity contribution in [2.24, 2.45) is 0 Å². The highest BCUT2D eigenvalue weighted by molar-refractivity contribution is 6.95. The normalized spacial score (nSPS) is 13.7. The van der Waals surface area contributed by atoms with E-state index in [1.165, 1.54) is 10.4 Å². The predicted octanol–water partition coefficient (Wildman–Crippen LogP) is 2.90. The molecule has 0 fully saturated rings. The number of rotatable bonds is 3. The average molecular weight is 310 g/mol. The second-order valence-electron chi connectivity index (χ2n) is 8.74. The number of anilines is 1. The van der Waals surface area contributed by atoms with Crippen LogP contribution in [0.25, 0.3) is 0 Å². The first-order valence-corrected chi connectivity index (χ1v) is 17.7. The molecule has 1 nitrogen and oxygen atoms in total. The molecular formula is C15H31NSi3. The molecule has 1 aromatic carbocycles. The van der Waals surface area contributed by atoms with Crippen molar-refractivity contribution in [3.05, 3.63) is 12.1 Å². The summed E-state index contributed by atoms with van der Waals surface area (Å²) >= 11 is 0. The third-order valence-electron chi connectivity index (χ3n) is 3.66. The van der Waals surface area contributed by atoms with E-state index in [1.807, 2.05) is 0 Å². The van der Waals surface area contributed by atoms with Gasteiger partial charge in [-0.25, -0.2) is 0 Å². The van der Waals surface area contributed by atoms with Gasteiger partial charge in [0.1, 0.15) is 0 Å². The van der Waals surface area contributed by atoms with Crippen LogP contribution in [0, 0.1) is 0 Å². The lowest BCUT2D eigenvalue weighted by molar-refractivity contribution is 1.65. The summed E-state index contributed by atoms with van der Waals surface area (Å²) in [5, 5.41) is 4.53. The van der Waals surface area contributed by atoms with Gasteiger partial charge >= 0.3 is 0 Å². The summed E-state index contributed by atoms with van der Waals surface area (Å²) in [6.45, 7) is 21.7. The molecule has 0 radical (unpaired) electrons. The van der Waals surface area contributed by atoms with E-state index < -0.39 is 24.2 Å². The van der Waals surface area contributed by atoms with E-state index in [0.29, 0.717) is 0 Å². The maximum Gasteiger partial charge on any atom is 0.0802 e. The van der Waals surface area contributed by atoms with Gasteiger partial charge in [0.25, 0.3) is 0 Å². The molecule has 0 amide bonds. The molecule has 0 bridgehead atoms. The predicted molar refractivity (Wildman–Crippen MR) is 99.8 cm³/mol. The van der Waals surface area contributed by atoms with Gasteiger partial charge in [-0.05, 0) is 10.4 Å². The molecule has 0 unspecified atom stereocenters. The Hall–Kier alpha value is -0.329. The van der Waals surface area contributed by atoms with Gasteiger partial charge in [-0.15, -0.1) is 0 Å². The molecule has 19 heavy (non-hydrogen) atoms. The van der Waals surface area contributed by atoms with E-state index in [4.69, 9.17) is 5.73 Å². The Morgan fingerprint density at radius 3 is 1.16 bits per heavy atom. The average Bonchev–Trinajstić information content (AvgIpc) is 2.11. The Labute approximate surface area is 122 Å². The number of benzene rings is 1. The van der Waals surface area contributed by atoms with Crippen molar-refractivity contribution in [3.63, 3.8) is 0 Å². The standard InChI is InChI=1S/C15H31NSi3/c1-17(2,3)12-10-13(18(4,5)6)15(16)14(11-12)19(7,8)9/h10-11H,16H2,1-9H3. The fraction of sp³-hybridized carbons (Fsp3) is 0.600. The highest BCUT2D eigenvalue weighted by Gasteiger charge is 2.29. The maximum absolute atomic E-state index is 6.55. The van der Waals surface area contributed by atoms with Crippen LogP contribution in [0.15, 0.2) is 12.1 Å². The zero-order chi connectivity index (χ0) is 15.2. The van der Waals surface area contributed by atoms with Gasteiger partial charge in [0.2, 0.25) is 0 Å². The number of hydrogen-bond donors (Lipinski definition) is 1. The lowest BCUT2D eigenvalue weighted by Crippen LogP contribution is -2.53. The summed E-state index contributed by atoms with van der Waals surface area (Å²) in [5.74, 6) is 0. The van der Waals surface area contributed by atoms with Gasteiger partial charge < -0.3 is 5.73 Å². The van der Waals surface area contributed by atoms with Crippen molar-refractivity contribution < 1.29 is 0 Å². The van der Waals surface area contributed by atoms with Gasteiger partial charge in [0.05, 0.1) is 24.2 Å². The van der Waals surface area contributed by atoms with Gasteiger partial charge in [-0.2, -0.15) is 0 Å². The van der Waals surface area contributed by atoms with E-state index in [-0.39, 0.29) is 0 Å². The van der Waals surface area contributed by atoms with E-state index >= 15 is 0 Å². The molecule has 0 aliphatic heterocycles. The van der Waals surface area contributed by atoms with E-state index in [1.54, 1.807) is 5.19 Å². The molecule has 0 aliphatic carbocycles. The Morgan fingerprint density at radius 2 is 0.947 bits per heavy atom. The van der Waals surface area contributed by atoms with Crippen molar-refractivity contribution in [1.29, 1.82) is 0 Å². The summed E-state index contributed by atoms with van der Waals surface area (Å²) in [7, 11) is -4.05. The van der Waals surface area contributed by atoms with Crippen LogP contribution >= 0.6 is 0 Å². The zero-order valence-electron chi connectivity index (χ0n) is 14.2. The van der Waals surface area contributed by atoms with Crippen LogP contribution in [0.4, 0.5) is 5.69 Å². The lowest BCUT2D eigenvalue weighted by Gasteiger charge is -2.30. The fourth-order valence-electron chi connectivity index (χ4n) is 2.33. The van der Waals surface area contributed by atoms with Crippen LogP contribution in [-0.2, 0) is 0 Å². The molecule has 0 saturated heterocycles. The fourth-order valence-corrected chi connectivity index (χ4v) is 6.96. The van der Waals surface area contributed by atoms with Gasteiger partial charge in [-0.3, -0.25) is 0 Å². The van der Waals surface area contributed by atoms with Gasteiger partial charge in [0.15, 0.2) is 0 Å². The van der Waals surface area contributed by atoms with Crippen molar-refractivity contribution in [2.75, 3.05) is 5.73 Å². The van der Waals surface area contributed by atoms with Crippen molar-refractivity contribution in [2.45, 2.75) is 58.9 Å². The summed E-state index contributed by atoms with van der Waals surface area (Å²) in [6.07, 6.45) is 0. The quantitative estimate of drug-likeness (QED) is 0.674. The molecule has 1 aromatic rings. The molecular weight excluding hydrogens is 278 g/mol. The minimum atomic E-state index is -1.38. The molecule has 2 N–H and O–H groups in total. The van der Waals surface area contributed by atoms with E-state index in [2.05, 4.69) is 71.1 Å². The number of hydrogen-bond acceptors (Lipinski definition) is 1. The highest BCUT2D eigenvalue weighted by Crippen LogP contribution is 2.13. The third kappa shape index (κ3) is 3.83. The first-order chi connectivity index (χ1) is 8.24. The Balaban J connectivity index is 3.68. The molecule has 0 atom stereocenters. The van der Waals surface area contributed by atoms with Crippen LogP contribution in [-0.4, -0.2) is 24.2 Å². The van der Waals surface area contributed by atoms with Gasteiger partial charge in [-0.1, -0.05) is 76.2 Å². The molecule has 0 aromatic heterocycles. The largest absolute Gasteiger partial charge is 0.399 e. The number of nitrogens with two attached hydrogens (primary N) is 1. The monoisotopic (exact) mass is 309 g/mol. The third-order valence-corrected chi connectivity index (χ3v) is 9.74. The minimum Gasteiger partial charge on any atom is -0.399 e. The smallest absolute Gasteiger partial charge is 0.0802 e. The van der Waals surface area contributed by atoms with Crippen molar-refractivity contribution >= 4 is 45.5 Å². The Kier molecular flexibility index (Phi) is 4.31. The van der Waals surface area contributed by atoms with Crippen LogP contribution in [0.2, 0.25) is 58.9 Å². The molecule has 0 saturated carbocycles. The maximum atomic E-state index is 6.55. The molecule has 108 valence electrons. The van der Waals surface area contributed by atoms with E-state index in [0.717, 1.165) is 5.69 Å². The van der Waals surface area contributed by atoms with Crippen LogP contribution in [0.1, 0.15) is 0 Å². The minimum absolute atomic E-state index is 1.11. The summed E-state index contributed by atoms with van der Waals surface area (Å²) < 4.78 is 0. The second kappa shape index (κ2) is 4.90. The molecule has 0 heterocycles. The Morgan fingerprint density at radius 1 is 0.632 bits per heavy atom. The SMILES string of the molecule is C[Si](C)(C)c1cc([Si](C)(C)C)c(N)c([Si](C)(C)C)c1. The lowest BCUT2D eigenvalue weighted by atomic mass is 10.3. The summed E-state index contributed by atoms with van der Waals surface area (Å²) in [5.41, 5.74) is 7.66. The summed E-state index contributed by atoms with van der Waals surface area (Å²) in [6, 6.07) is 4.88. The van der Waals surface area contributed by atoms with Crippen LogP contribution < -0.4 is 21.3 Å². The summed E-state index contributed by atoms with van der Waals surface area (Å²) in [4.78, 5) is 0. The van der Waals surface area contributed by atoms with Gasteiger partial charge in [0, 0.05) is 5.69 Å². The second-order valence-corrected chi connectivity index (χ2v) is 23.9. The van der Waals surface area contributed by atoms with Crippen molar-refractivity contribution in [1.82, 2.24) is 0 Å². The Bertz CT molecular complexity index is 439. The first-order valence-electron chi connectivity index (χ1n) is 7.19. The first kappa shape index (κ1) is 16.7. The molecule has 1 rings (SSSR count). The highest BCUT2D eigenvalue weighted by atomic mass is 28.3. The topological polar surface area (TPSA) is 26.0 Å². The zero-order valence-corrected chi connectivity index (χ0v) is 17.2. The molecule has 4 heteroatoms. The van der Waals surface area contributed by atoms with Crippen LogP contribution in [0.3, 0.4) is 0 Å². The van der Waals surface area contributed by atoms with Crippen molar-refractivity contribution in [3.8, 4) is 0 Å². The molecule has 0 aliphatic rings. The number of nitrogen functional groups attached to an aromatic ring is 1. The van der Waals surface area contributed by atoms with Crippen LogP contribution in [0.5, 0.6) is 0 Å². The molecule has 0 spiro atoms. The van der Waals surface area contributed by atoms with E-state index in [9.17, 15) is 0 Å².